The number of pyridine rings is 1. The van der Waals surface area contributed by atoms with Gasteiger partial charge in [0.25, 0.3) is 0 Å². The molecule has 0 saturated heterocycles. The molecule has 0 aliphatic rings. The molecule has 1 N–H and O–H groups in total. The normalized spacial score (nSPS) is 10.8. The van der Waals surface area contributed by atoms with Crippen LogP contribution in [-0.2, 0) is 11.3 Å². The molecule has 118 valence electrons. The number of carboxylic acids is 1. The SMILES string of the molecule is CCn1c(SCCCCCC(=O)O)nnc1-c1ccncc1. The first-order valence-corrected chi connectivity index (χ1v) is 8.39. The first kappa shape index (κ1) is 16.5. The Kier molecular flexibility index (Phi) is 6.39. The van der Waals surface area contributed by atoms with Gasteiger partial charge in [-0.15, -0.1) is 10.2 Å². The largest absolute Gasteiger partial charge is 0.481 e. The van der Waals surface area contributed by atoms with Crippen LogP contribution >= 0.6 is 11.8 Å². The third-order valence-corrected chi connectivity index (χ3v) is 4.29. The summed E-state index contributed by atoms with van der Waals surface area (Å²) in [6, 6.07) is 3.85. The Morgan fingerprint density at radius 2 is 2.00 bits per heavy atom. The van der Waals surface area contributed by atoms with Gasteiger partial charge < -0.3 is 9.67 Å². The molecule has 0 radical (unpaired) electrons. The Balaban J connectivity index is 1.90. The van der Waals surface area contributed by atoms with Gasteiger partial charge in [-0.05, 0) is 31.9 Å². The van der Waals surface area contributed by atoms with Crippen LogP contribution in [0.15, 0.2) is 29.7 Å². The van der Waals surface area contributed by atoms with E-state index in [1.54, 1.807) is 24.2 Å². The first-order valence-electron chi connectivity index (χ1n) is 7.40. The Morgan fingerprint density at radius 1 is 1.23 bits per heavy atom. The summed E-state index contributed by atoms with van der Waals surface area (Å²) < 4.78 is 2.09. The predicted molar refractivity (Wildman–Crippen MR) is 85.8 cm³/mol. The average Bonchev–Trinajstić information content (AvgIpc) is 2.94. The molecule has 22 heavy (non-hydrogen) atoms. The van der Waals surface area contributed by atoms with Gasteiger partial charge in [-0.2, -0.15) is 0 Å². The highest BCUT2D eigenvalue weighted by molar-refractivity contribution is 7.99. The number of aromatic nitrogens is 4. The zero-order valence-corrected chi connectivity index (χ0v) is 13.4. The number of hydrogen-bond donors (Lipinski definition) is 1. The van der Waals surface area contributed by atoms with Crippen LogP contribution in [0.1, 0.15) is 32.6 Å². The standard InChI is InChI=1S/C15H20N4O2S/c1-2-19-14(12-7-9-16-10-8-12)17-18-15(19)22-11-5-3-4-6-13(20)21/h7-10H,2-6,11H2,1H3,(H,20,21). The molecule has 6 nitrogen and oxygen atoms in total. The molecule has 2 aromatic rings. The third-order valence-electron chi connectivity index (χ3n) is 3.24. The highest BCUT2D eigenvalue weighted by Gasteiger charge is 2.12. The molecule has 0 fully saturated rings. The van der Waals surface area contributed by atoms with Crippen LogP contribution in [0.2, 0.25) is 0 Å². The highest BCUT2D eigenvalue weighted by atomic mass is 32.2. The lowest BCUT2D eigenvalue weighted by Gasteiger charge is -2.07. The van der Waals surface area contributed by atoms with E-state index in [1.807, 2.05) is 12.1 Å². The summed E-state index contributed by atoms with van der Waals surface area (Å²) in [5, 5.41) is 18.1. The smallest absolute Gasteiger partial charge is 0.303 e. The molecule has 0 aromatic carbocycles. The lowest BCUT2D eigenvalue weighted by molar-refractivity contribution is -0.137. The molecule has 0 amide bonds. The van der Waals surface area contributed by atoms with E-state index in [-0.39, 0.29) is 6.42 Å². The number of rotatable bonds is 9. The van der Waals surface area contributed by atoms with E-state index in [0.717, 1.165) is 48.1 Å². The van der Waals surface area contributed by atoms with Crippen molar-refractivity contribution >= 4 is 17.7 Å². The van der Waals surface area contributed by atoms with Crippen molar-refractivity contribution in [1.29, 1.82) is 0 Å². The number of nitrogens with zero attached hydrogens (tertiary/aromatic N) is 4. The number of carboxylic acid groups (broad SMARTS) is 1. The average molecular weight is 320 g/mol. The molecule has 0 unspecified atom stereocenters. The quantitative estimate of drug-likeness (QED) is 0.565. The Hall–Kier alpha value is -1.89. The van der Waals surface area contributed by atoms with Gasteiger partial charge in [0, 0.05) is 36.7 Å². The number of aliphatic carboxylic acids is 1. The predicted octanol–water partition coefficient (Wildman–Crippen LogP) is 3.10. The zero-order valence-electron chi connectivity index (χ0n) is 12.6. The fraction of sp³-hybridized carbons (Fsp3) is 0.467. The number of unbranched alkanes of at least 4 members (excludes halogenated alkanes) is 2. The fourth-order valence-corrected chi connectivity index (χ4v) is 3.11. The summed E-state index contributed by atoms with van der Waals surface area (Å²) >= 11 is 1.67. The zero-order chi connectivity index (χ0) is 15.8. The first-order chi connectivity index (χ1) is 10.7. The maximum Gasteiger partial charge on any atom is 0.303 e. The van der Waals surface area contributed by atoms with Crippen molar-refractivity contribution in [3.8, 4) is 11.4 Å². The van der Waals surface area contributed by atoms with Crippen molar-refractivity contribution in [1.82, 2.24) is 19.7 Å². The molecule has 2 rings (SSSR count). The van der Waals surface area contributed by atoms with Crippen LogP contribution in [-0.4, -0.2) is 36.6 Å². The van der Waals surface area contributed by atoms with E-state index in [1.165, 1.54) is 0 Å². The van der Waals surface area contributed by atoms with Crippen molar-refractivity contribution in [2.45, 2.75) is 44.3 Å². The van der Waals surface area contributed by atoms with Gasteiger partial charge in [0.15, 0.2) is 11.0 Å². The van der Waals surface area contributed by atoms with Crippen molar-refractivity contribution in [3.63, 3.8) is 0 Å². The van der Waals surface area contributed by atoms with Crippen LogP contribution in [0.25, 0.3) is 11.4 Å². The van der Waals surface area contributed by atoms with Crippen molar-refractivity contribution < 1.29 is 9.90 Å². The van der Waals surface area contributed by atoms with Gasteiger partial charge in [-0.3, -0.25) is 9.78 Å². The van der Waals surface area contributed by atoms with Crippen molar-refractivity contribution in [2.75, 3.05) is 5.75 Å². The minimum Gasteiger partial charge on any atom is -0.481 e. The molecule has 2 heterocycles. The van der Waals surface area contributed by atoms with Gasteiger partial charge in [0.2, 0.25) is 0 Å². The lowest BCUT2D eigenvalue weighted by Crippen LogP contribution is -2.00. The second kappa shape index (κ2) is 8.53. The van der Waals surface area contributed by atoms with E-state index in [2.05, 4.69) is 26.7 Å². The van der Waals surface area contributed by atoms with E-state index >= 15 is 0 Å². The van der Waals surface area contributed by atoms with Crippen molar-refractivity contribution in [2.24, 2.45) is 0 Å². The second-order valence-corrected chi connectivity index (χ2v) is 5.90. The summed E-state index contributed by atoms with van der Waals surface area (Å²) in [6.45, 7) is 2.89. The van der Waals surface area contributed by atoms with Gasteiger partial charge in [0.1, 0.15) is 0 Å². The number of thioether (sulfide) groups is 1. The molecule has 7 heteroatoms. The topological polar surface area (TPSA) is 80.9 Å². The minimum absolute atomic E-state index is 0.252. The van der Waals surface area contributed by atoms with Crippen LogP contribution in [0.4, 0.5) is 0 Å². The minimum atomic E-state index is -0.722. The highest BCUT2D eigenvalue weighted by Crippen LogP contribution is 2.24. The number of hydrogen-bond acceptors (Lipinski definition) is 5. The van der Waals surface area contributed by atoms with Gasteiger partial charge in [-0.25, -0.2) is 0 Å². The molecule has 0 saturated carbocycles. The van der Waals surface area contributed by atoms with Gasteiger partial charge in [-0.1, -0.05) is 18.2 Å². The molecule has 0 bridgehead atoms. The molecular formula is C15H20N4O2S. The molecule has 0 aliphatic heterocycles. The fourth-order valence-electron chi connectivity index (χ4n) is 2.11. The Bertz CT molecular complexity index is 601. The summed E-state index contributed by atoms with van der Waals surface area (Å²) in [5.74, 6) is 1.06. The number of carbonyl (C=O) groups is 1. The summed E-state index contributed by atoms with van der Waals surface area (Å²) in [5.41, 5.74) is 1.01. The van der Waals surface area contributed by atoms with Crippen LogP contribution < -0.4 is 0 Å². The Morgan fingerprint density at radius 3 is 2.68 bits per heavy atom. The van der Waals surface area contributed by atoms with Crippen LogP contribution in [0.5, 0.6) is 0 Å². The van der Waals surface area contributed by atoms with Crippen LogP contribution in [0, 0.1) is 0 Å². The van der Waals surface area contributed by atoms with E-state index in [4.69, 9.17) is 5.11 Å². The Labute approximate surface area is 134 Å². The van der Waals surface area contributed by atoms with Crippen molar-refractivity contribution in [3.05, 3.63) is 24.5 Å². The van der Waals surface area contributed by atoms with E-state index in [0.29, 0.717) is 0 Å². The molecule has 0 aliphatic carbocycles. The maximum absolute atomic E-state index is 10.4. The molecule has 0 atom stereocenters. The summed E-state index contributed by atoms with van der Waals surface area (Å²) in [7, 11) is 0. The molecular weight excluding hydrogens is 300 g/mol. The summed E-state index contributed by atoms with van der Waals surface area (Å²) in [6.07, 6.45) is 6.40. The lowest BCUT2D eigenvalue weighted by atomic mass is 10.2. The maximum atomic E-state index is 10.4. The summed E-state index contributed by atoms with van der Waals surface area (Å²) in [4.78, 5) is 14.5. The molecule has 0 spiro atoms. The van der Waals surface area contributed by atoms with Gasteiger partial charge >= 0.3 is 5.97 Å². The van der Waals surface area contributed by atoms with E-state index in [9.17, 15) is 4.79 Å². The second-order valence-electron chi connectivity index (χ2n) is 4.84. The third kappa shape index (κ3) is 4.56. The van der Waals surface area contributed by atoms with Gasteiger partial charge in [0.05, 0.1) is 0 Å². The van der Waals surface area contributed by atoms with Crippen LogP contribution in [0.3, 0.4) is 0 Å². The molecule has 2 aromatic heterocycles. The monoisotopic (exact) mass is 320 g/mol. The van der Waals surface area contributed by atoms with E-state index < -0.39 is 5.97 Å².